The number of benzene rings is 11. The average Bonchev–Trinajstić information content (AvgIpc) is 3.74. The maximum Gasteiger partial charge on any atom is 0.0541 e. The number of fused-ring (bicyclic) bond motifs is 3. The third-order valence-corrected chi connectivity index (χ3v) is 16.1. The lowest BCUT2D eigenvalue weighted by molar-refractivity contribution is 0.568. The molecule has 0 unspecified atom stereocenters. The van der Waals surface area contributed by atoms with E-state index in [9.17, 15) is 0 Å². The largest absolute Gasteiger partial charge is 0.309 e. The van der Waals surface area contributed by atoms with Gasteiger partial charge in [0.05, 0.1) is 28.1 Å². The number of nitrogens with zero attached hydrogens (tertiary/aromatic N) is 2. The van der Waals surface area contributed by atoms with Crippen LogP contribution in [-0.4, -0.2) is 4.57 Å². The van der Waals surface area contributed by atoms with Crippen LogP contribution in [-0.2, 0) is 21.7 Å². The van der Waals surface area contributed by atoms with E-state index in [2.05, 4.69) is 299 Å². The Morgan fingerprint density at radius 3 is 1.33 bits per heavy atom. The number of rotatable bonds is 7. The number of hydrogen-bond donors (Lipinski definition) is 0. The molecule has 12 rings (SSSR count). The van der Waals surface area contributed by atoms with E-state index in [4.69, 9.17) is 0 Å². The van der Waals surface area contributed by atoms with Gasteiger partial charge >= 0.3 is 0 Å². The fourth-order valence-electron chi connectivity index (χ4n) is 11.7. The predicted octanol–water partition coefficient (Wildman–Crippen LogP) is 21.3. The van der Waals surface area contributed by atoms with Crippen LogP contribution in [0, 0.1) is 0 Å². The SMILES string of the molecule is CC(C)(C)c1cc(-c2cccc(-c3ccc(N(c4ccccc4-c4cc(C(C)(C)C)cc(C(C)(C)C)c4)c4ccc5ccc6c(-n7c8ccccc8c8ccccc87)ccc7ccc4c5c76)cc3)c2)cc(C(C)(C)C)c1. The lowest BCUT2D eigenvalue weighted by Gasteiger charge is -2.31. The number of para-hydroxylation sites is 3. The Morgan fingerprint density at radius 1 is 0.303 bits per heavy atom. The molecule has 12 aromatic rings. The molecule has 0 bridgehead atoms. The third-order valence-electron chi connectivity index (χ3n) is 16.1. The maximum atomic E-state index is 2.53. The van der Waals surface area contributed by atoms with Crippen LogP contribution in [0.5, 0.6) is 0 Å². The Labute approximate surface area is 450 Å². The van der Waals surface area contributed by atoms with Crippen LogP contribution in [0.4, 0.5) is 17.1 Å². The van der Waals surface area contributed by atoms with E-state index >= 15 is 0 Å². The summed E-state index contributed by atoms with van der Waals surface area (Å²) in [5.41, 5.74) is 19.7. The predicted molar refractivity (Wildman–Crippen MR) is 330 cm³/mol. The molecule has 376 valence electrons. The zero-order valence-electron chi connectivity index (χ0n) is 46.5. The molecule has 1 heterocycles. The first-order valence-electron chi connectivity index (χ1n) is 27.3. The first-order chi connectivity index (χ1) is 36.2. The summed E-state index contributed by atoms with van der Waals surface area (Å²) in [5.74, 6) is 0. The molecule has 0 aliphatic carbocycles. The fourth-order valence-corrected chi connectivity index (χ4v) is 11.7. The van der Waals surface area contributed by atoms with Crippen LogP contribution < -0.4 is 4.90 Å². The summed E-state index contributed by atoms with van der Waals surface area (Å²) in [5, 5.41) is 10.0. The summed E-state index contributed by atoms with van der Waals surface area (Å²) in [7, 11) is 0. The minimum atomic E-state index is -0.0355. The molecule has 76 heavy (non-hydrogen) atoms. The summed E-state index contributed by atoms with van der Waals surface area (Å²) in [4.78, 5) is 2.53. The van der Waals surface area contributed by atoms with E-state index in [0.29, 0.717) is 0 Å². The Morgan fingerprint density at radius 2 is 0.763 bits per heavy atom. The highest BCUT2D eigenvalue weighted by Gasteiger charge is 2.27. The van der Waals surface area contributed by atoms with Crippen molar-refractivity contribution in [1.29, 1.82) is 0 Å². The minimum Gasteiger partial charge on any atom is -0.309 e. The Hall–Kier alpha value is -7.94. The third kappa shape index (κ3) is 8.53. The molecule has 0 atom stereocenters. The molecular weight excluding hydrogens is 917 g/mol. The quantitative estimate of drug-likeness (QED) is 0.145. The van der Waals surface area contributed by atoms with Crippen LogP contribution in [0.1, 0.15) is 105 Å². The van der Waals surface area contributed by atoms with Gasteiger partial charge in [-0.05, 0) is 142 Å². The van der Waals surface area contributed by atoms with Crippen molar-refractivity contribution < 1.29 is 0 Å². The molecular formula is C74H70N2. The van der Waals surface area contributed by atoms with E-state index in [-0.39, 0.29) is 21.7 Å². The zero-order chi connectivity index (χ0) is 53.1. The van der Waals surface area contributed by atoms with Gasteiger partial charge in [-0.1, -0.05) is 241 Å². The standard InChI is InChI=1S/C74H70N2/c1-71(2,3)54-41-52(42-55(45-54)72(4,5)6)51-21-19-20-50(40-51)47-28-34-58(35-29-47)75(64-25-16-13-22-59(64)53-43-56(73(7,8)9)46-57(44-53)74(10,11)12)67-38-32-48-31-37-63-68(39-33-49-30-36-62(67)69(48)70(49)63)76-65-26-17-14-23-60(65)61-24-15-18-27-66(61)76/h13-46H,1-12H3. The van der Waals surface area contributed by atoms with Crippen LogP contribution in [0.15, 0.2) is 206 Å². The van der Waals surface area contributed by atoms with Gasteiger partial charge in [0.25, 0.3) is 0 Å². The number of aromatic nitrogens is 1. The van der Waals surface area contributed by atoms with Crippen molar-refractivity contribution in [3.05, 3.63) is 229 Å². The Kier molecular flexibility index (Phi) is 11.5. The van der Waals surface area contributed by atoms with Crippen LogP contribution in [0.2, 0.25) is 0 Å². The highest BCUT2D eigenvalue weighted by molar-refractivity contribution is 6.27. The fraction of sp³-hybridized carbons (Fsp3) is 0.216. The van der Waals surface area contributed by atoms with Gasteiger partial charge < -0.3 is 9.47 Å². The van der Waals surface area contributed by atoms with E-state index in [1.165, 1.54) is 115 Å². The summed E-state index contributed by atoms with van der Waals surface area (Å²) in [6.45, 7) is 27.9. The van der Waals surface area contributed by atoms with Gasteiger partial charge in [-0.15, -0.1) is 0 Å². The smallest absolute Gasteiger partial charge is 0.0541 e. The molecule has 1 aromatic heterocycles. The molecule has 11 aromatic carbocycles. The molecule has 0 aliphatic heterocycles. The second kappa shape index (κ2) is 17.8. The topological polar surface area (TPSA) is 8.17 Å². The molecule has 0 radical (unpaired) electrons. The molecule has 0 saturated heterocycles. The van der Waals surface area contributed by atoms with Crippen molar-refractivity contribution in [1.82, 2.24) is 4.57 Å². The second-order valence-corrected chi connectivity index (χ2v) is 25.5. The molecule has 0 amide bonds. The monoisotopic (exact) mass is 987 g/mol. The minimum absolute atomic E-state index is 0.0311. The van der Waals surface area contributed by atoms with Crippen molar-refractivity contribution in [3.8, 4) is 39.1 Å². The van der Waals surface area contributed by atoms with Gasteiger partial charge in [0.15, 0.2) is 0 Å². The van der Waals surface area contributed by atoms with Gasteiger partial charge in [-0.3, -0.25) is 0 Å². The summed E-state index contributed by atoms with van der Waals surface area (Å²) >= 11 is 0. The molecule has 0 aliphatic rings. The van der Waals surface area contributed by atoms with E-state index in [1.807, 2.05) is 0 Å². The van der Waals surface area contributed by atoms with Gasteiger partial charge in [0.1, 0.15) is 0 Å². The van der Waals surface area contributed by atoms with Crippen molar-refractivity contribution >= 4 is 71.2 Å². The lowest BCUT2D eigenvalue weighted by atomic mass is 9.78. The highest BCUT2D eigenvalue weighted by atomic mass is 15.1. The van der Waals surface area contributed by atoms with E-state index in [1.54, 1.807) is 0 Å². The van der Waals surface area contributed by atoms with Crippen molar-refractivity contribution in [2.24, 2.45) is 0 Å². The van der Waals surface area contributed by atoms with Gasteiger partial charge in [-0.2, -0.15) is 0 Å². The first-order valence-corrected chi connectivity index (χ1v) is 27.3. The van der Waals surface area contributed by atoms with Crippen LogP contribution in [0.25, 0.3) is 93.2 Å². The summed E-state index contributed by atoms with van der Waals surface area (Å²) in [6.07, 6.45) is 0. The molecule has 0 saturated carbocycles. The zero-order valence-corrected chi connectivity index (χ0v) is 46.5. The average molecular weight is 987 g/mol. The molecule has 0 N–H and O–H groups in total. The Bertz CT molecular complexity index is 4070. The van der Waals surface area contributed by atoms with Gasteiger partial charge in [0.2, 0.25) is 0 Å². The number of anilines is 3. The van der Waals surface area contributed by atoms with Crippen molar-refractivity contribution in [2.45, 2.75) is 105 Å². The van der Waals surface area contributed by atoms with Crippen LogP contribution in [0.3, 0.4) is 0 Å². The lowest BCUT2D eigenvalue weighted by Crippen LogP contribution is -2.17. The van der Waals surface area contributed by atoms with E-state index in [0.717, 1.165) is 17.1 Å². The summed E-state index contributed by atoms with van der Waals surface area (Å²) in [6, 6.07) is 78.4. The molecule has 2 heteroatoms. The van der Waals surface area contributed by atoms with Crippen molar-refractivity contribution in [2.75, 3.05) is 4.90 Å². The highest BCUT2D eigenvalue weighted by Crippen LogP contribution is 2.49. The second-order valence-electron chi connectivity index (χ2n) is 25.5. The maximum absolute atomic E-state index is 2.53. The normalized spacial score (nSPS) is 12.7. The molecule has 0 spiro atoms. The van der Waals surface area contributed by atoms with E-state index < -0.39 is 0 Å². The Balaban J connectivity index is 1.06. The number of hydrogen-bond acceptors (Lipinski definition) is 1. The van der Waals surface area contributed by atoms with Gasteiger partial charge in [-0.25, -0.2) is 0 Å². The molecule has 2 nitrogen and oxygen atoms in total. The molecule has 0 fully saturated rings. The van der Waals surface area contributed by atoms with Crippen molar-refractivity contribution in [3.63, 3.8) is 0 Å². The van der Waals surface area contributed by atoms with Gasteiger partial charge in [0, 0.05) is 32.8 Å². The van der Waals surface area contributed by atoms with Crippen LogP contribution >= 0.6 is 0 Å². The first kappa shape index (κ1) is 49.0. The summed E-state index contributed by atoms with van der Waals surface area (Å²) < 4.78 is 2.47.